The predicted octanol–water partition coefficient (Wildman–Crippen LogP) is 5.85. The van der Waals surface area contributed by atoms with Crippen LogP contribution in [0.5, 0.6) is 0 Å². The number of carbonyl (C=O) groups excluding carboxylic acids is 1. The Bertz CT molecular complexity index is 1250. The molecular formula is C23H21BrClN5OS. The van der Waals surface area contributed by atoms with Gasteiger partial charge in [-0.1, -0.05) is 35.9 Å². The summed E-state index contributed by atoms with van der Waals surface area (Å²) in [5.74, 6) is 0.795. The molecule has 0 aliphatic carbocycles. The van der Waals surface area contributed by atoms with E-state index < -0.39 is 0 Å². The summed E-state index contributed by atoms with van der Waals surface area (Å²) in [5, 5.41) is 10.5. The molecule has 32 heavy (non-hydrogen) atoms. The highest BCUT2D eigenvalue weighted by atomic mass is 79.9. The third-order valence-corrected chi connectivity index (χ3v) is 6.59. The van der Waals surface area contributed by atoms with E-state index in [0.29, 0.717) is 23.8 Å². The van der Waals surface area contributed by atoms with Gasteiger partial charge in [0.15, 0.2) is 5.65 Å². The van der Waals surface area contributed by atoms with Crippen LogP contribution in [0.1, 0.15) is 11.3 Å². The van der Waals surface area contributed by atoms with Crippen LogP contribution < -0.4 is 5.32 Å². The summed E-state index contributed by atoms with van der Waals surface area (Å²) < 4.78 is 2.56. The summed E-state index contributed by atoms with van der Waals surface area (Å²) in [6.07, 6.45) is 5.96. The number of nitrogens with zero attached hydrogens (tertiary/aromatic N) is 4. The molecule has 0 atom stereocenters. The van der Waals surface area contributed by atoms with Crippen molar-refractivity contribution in [3.8, 4) is 11.3 Å². The van der Waals surface area contributed by atoms with Gasteiger partial charge in [-0.05, 0) is 45.9 Å². The van der Waals surface area contributed by atoms with E-state index in [0.717, 1.165) is 32.8 Å². The van der Waals surface area contributed by atoms with Crippen LogP contribution in [0.25, 0.3) is 23.0 Å². The molecule has 3 heterocycles. The van der Waals surface area contributed by atoms with E-state index in [-0.39, 0.29) is 5.91 Å². The smallest absolute Gasteiger partial charge is 0.246 e. The molecule has 0 unspecified atom stereocenters. The van der Waals surface area contributed by atoms with Crippen LogP contribution >= 0.6 is 38.9 Å². The normalized spacial score (nSPS) is 11.3. The largest absolute Gasteiger partial charge is 0.370 e. The molecule has 0 aliphatic heterocycles. The second-order valence-electron chi connectivity index (χ2n) is 7.12. The average molecular weight is 531 g/mol. The zero-order valence-corrected chi connectivity index (χ0v) is 20.5. The highest BCUT2D eigenvalue weighted by molar-refractivity contribution is 9.10. The van der Waals surface area contributed by atoms with Crippen LogP contribution in [0.4, 0.5) is 5.82 Å². The molecule has 9 heteroatoms. The van der Waals surface area contributed by atoms with Gasteiger partial charge in [0.1, 0.15) is 5.82 Å². The number of likely N-dealkylation sites (N-methyl/N-ethyl adjacent to an activating group) is 1. The molecule has 0 bridgehead atoms. The third kappa shape index (κ3) is 5.20. The van der Waals surface area contributed by atoms with Gasteiger partial charge >= 0.3 is 0 Å². The Morgan fingerprint density at radius 3 is 2.94 bits per heavy atom. The number of halogens is 2. The molecule has 0 radical (unpaired) electrons. The van der Waals surface area contributed by atoms with Crippen molar-refractivity contribution < 1.29 is 4.79 Å². The predicted molar refractivity (Wildman–Crippen MR) is 135 cm³/mol. The Hall–Kier alpha value is -2.68. The van der Waals surface area contributed by atoms with E-state index in [1.807, 2.05) is 61.0 Å². The Morgan fingerprint density at radius 1 is 1.31 bits per heavy atom. The minimum absolute atomic E-state index is 0.0123. The summed E-state index contributed by atoms with van der Waals surface area (Å²) in [7, 11) is 1.81. The van der Waals surface area contributed by atoms with Gasteiger partial charge in [0.2, 0.25) is 5.91 Å². The maximum absolute atomic E-state index is 12.3. The van der Waals surface area contributed by atoms with E-state index >= 15 is 0 Å². The van der Waals surface area contributed by atoms with Crippen molar-refractivity contribution in [3.05, 3.63) is 74.5 Å². The van der Waals surface area contributed by atoms with Crippen molar-refractivity contribution in [2.45, 2.75) is 6.42 Å². The molecule has 0 saturated carbocycles. The van der Waals surface area contributed by atoms with Gasteiger partial charge in [-0.15, -0.1) is 11.3 Å². The molecule has 0 aliphatic rings. The zero-order chi connectivity index (χ0) is 22.5. The van der Waals surface area contributed by atoms with Crippen LogP contribution in [0.2, 0.25) is 5.02 Å². The highest BCUT2D eigenvalue weighted by Crippen LogP contribution is 2.30. The summed E-state index contributed by atoms with van der Waals surface area (Å²) >= 11 is 11.5. The van der Waals surface area contributed by atoms with Crippen molar-refractivity contribution >= 4 is 62.3 Å². The Kier molecular flexibility index (Phi) is 7.24. The summed E-state index contributed by atoms with van der Waals surface area (Å²) in [4.78, 5) is 19.8. The Labute approximate surface area is 203 Å². The number of carbonyl (C=O) groups is 1. The first-order chi connectivity index (χ1) is 15.5. The number of hydrogen-bond acceptors (Lipinski definition) is 5. The maximum Gasteiger partial charge on any atom is 0.246 e. The molecule has 1 amide bonds. The molecule has 4 rings (SSSR count). The van der Waals surface area contributed by atoms with Crippen molar-refractivity contribution in [2.24, 2.45) is 0 Å². The van der Waals surface area contributed by atoms with E-state index in [9.17, 15) is 4.79 Å². The quantitative estimate of drug-likeness (QED) is 0.229. The number of amides is 1. The van der Waals surface area contributed by atoms with Gasteiger partial charge in [-0.25, -0.2) is 4.98 Å². The zero-order valence-electron chi connectivity index (χ0n) is 17.3. The van der Waals surface area contributed by atoms with Crippen molar-refractivity contribution in [3.63, 3.8) is 0 Å². The van der Waals surface area contributed by atoms with E-state index in [1.165, 1.54) is 0 Å². The van der Waals surface area contributed by atoms with E-state index in [2.05, 4.69) is 26.3 Å². The number of benzene rings is 1. The second kappa shape index (κ2) is 10.3. The second-order valence-corrected chi connectivity index (χ2v) is 9.36. The van der Waals surface area contributed by atoms with Crippen LogP contribution in [0.3, 0.4) is 0 Å². The number of thiophene rings is 1. The number of anilines is 1. The van der Waals surface area contributed by atoms with Gasteiger partial charge in [-0.3, -0.25) is 4.79 Å². The fraction of sp³-hybridized carbons (Fsp3) is 0.174. The topological polar surface area (TPSA) is 62.5 Å². The average Bonchev–Trinajstić information content (AvgIpc) is 3.45. The van der Waals surface area contributed by atoms with Crippen LogP contribution in [-0.2, 0) is 4.79 Å². The van der Waals surface area contributed by atoms with Gasteiger partial charge in [0.05, 0.1) is 16.4 Å². The van der Waals surface area contributed by atoms with Gasteiger partial charge in [-0.2, -0.15) is 9.61 Å². The lowest BCUT2D eigenvalue weighted by Gasteiger charge is -2.16. The summed E-state index contributed by atoms with van der Waals surface area (Å²) in [6.45, 7) is 1.31. The first-order valence-electron chi connectivity index (χ1n) is 10.0. The minimum atomic E-state index is -0.0123. The third-order valence-electron chi connectivity index (χ3n) is 4.86. The standard InChI is InChI=1S/C23H21BrClN5OS/c1-29(22(31)10-9-16-6-4-13-32-16)12-5-11-26-21-14-20(17-7-2-3-8-19(17)25)28-23-18(24)15-27-30(21)23/h2-4,6-10,13-15,26H,5,11-12H2,1H3/b10-9+. The maximum atomic E-state index is 12.3. The molecule has 4 aromatic rings. The monoisotopic (exact) mass is 529 g/mol. The fourth-order valence-corrected chi connectivity index (χ4v) is 4.38. The van der Waals surface area contributed by atoms with Crippen LogP contribution in [0, 0.1) is 0 Å². The number of fused-ring (bicyclic) bond motifs is 1. The van der Waals surface area contributed by atoms with E-state index in [1.54, 1.807) is 33.0 Å². The molecule has 1 aromatic carbocycles. The van der Waals surface area contributed by atoms with Crippen molar-refractivity contribution in [1.29, 1.82) is 0 Å². The Balaban J connectivity index is 1.42. The Morgan fingerprint density at radius 2 is 2.16 bits per heavy atom. The SMILES string of the molecule is CN(CCCNc1cc(-c2ccccc2Cl)nc2c(Br)cnn12)C(=O)/C=C/c1cccs1. The number of hydrogen-bond donors (Lipinski definition) is 1. The molecule has 1 N–H and O–H groups in total. The van der Waals surface area contributed by atoms with Crippen LogP contribution in [0.15, 0.2) is 64.6 Å². The van der Waals surface area contributed by atoms with Gasteiger partial charge in [0, 0.05) is 47.7 Å². The molecular weight excluding hydrogens is 510 g/mol. The van der Waals surface area contributed by atoms with Crippen molar-refractivity contribution in [1.82, 2.24) is 19.5 Å². The first-order valence-corrected chi connectivity index (χ1v) is 12.1. The molecule has 0 spiro atoms. The molecule has 0 fully saturated rings. The molecule has 0 saturated heterocycles. The van der Waals surface area contributed by atoms with Gasteiger partial charge < -0.3 is 10.2 Å². The van der Waals surface area contributed by atoms with Crippen LogP contribution in [-0.4, -0.2) is 45.5 Å². The molecule has 6 nitrogen and oxygen atoms in total. The lowest BCUT2D eigenvalue weighted by atomic mass is 10.1. The van der Waals surface area contributed by atoms with Gasteiger partial charge in [0.25, 0.3) is 0 Å². The molecule has 164 valence electrons. The lowest BCUT2D eigenvalue weighted by Crippen LogP contribution is -2.27. The fourth-order valence-electron chi connectivity index (χ4n) is 3.18. The van der Waals surface area contributed by atoms with E-state index in [4.69, 9.17) is 16.6 Å². The first kappa shape index (κ1) is 22.5. The number of rotatable bonds is 8. The number of nitrogens with one attached hydrogen (secondary N) is 1. The number of aromatic nitrogens is 3. The van der Waals surface area contributed by atoms with Crippen molar-refractivity contribution in [2.75, 3.05) is 25.5 Å². The summed E-state index contributed by atoms with van der Waals surface area (Å²) in [5.41, 5.74) is 2.32. The minimum Gasteiger partial charge on any atom is -0.370 e. The summed E-state index contributed by atoms with van der Waals surface area (Å²) in [6, 6.07) is 13.5. The lowest BCUT2D eigenvalue weighted by molar-refractivity contribution is -0.124. The highest BCUT2D eigenvalue weighted by Gasteiger charge is 2.13. The molecule has 3 aromatic heterocycles.